The molecule has 0 saturated heterocycles. The number of hydrogen-bond donors (Lipinski definition) is 0. The van der Waals surface area contributed by atoms with Crippen molar-refractivity contribution in [3.63, 3.8) is 0 Å². The van der Waals surface area contributed by atoms with Crippen LogP contribution in [0.5, 0.6) is 0 Å². The second-order valence-electron chi connectivity index (χ2n) is 4.47. The minimum Gasteiger partial charge on any atom is -0.218 e. The highest BCUT2D eigenvalue weighted by atomic mass is 127. The lowest BCUT2D eigenvalue weighted by atomic mass is 10.3. The number of halogens is 1. The first kappa shape index (κ1) is 16.0. The third-order valence-electron chi connectivity index (χ3n) is 2.78. The third-order valence-corrected chi connectivity index (χ3v) is 7.51. The molecule has 0 aromatic heterocycles. The van der Waals surface area contributed by atoms with Crippen LogP contribution in [-0.2, 0) is 9.84 Å². The van der Waals surface area contributed by atoms with E-state index in [4.69, 9.17) is 0 Å². The van der Waals surface area contributed by atoms with Gasteiger partial charge in [-0.25, -0.2) is 8.42 Å². The fourth-order valence-corrected chi connectivity index (χ4v) is 6.36. The zero-order chi connectivity index (χ0) is 15.3. The summed E-state index contributed by atoms with van der Waals surface area (Å²) in [4.78, 5) is 0.654. The van der Waals surface area contributed by atoms with Crippen LogP contribution in [0, 0.1) is 3.57 Å². The van der Waals surface area contributed by atoms with E-state index in [9.17, 15) is 8.42 Å². The summed E-state index contributed by atoms with van der Waals surface area (Å²) >= 11 is -0.507. The molecule has 0 radical (unpaired) electrons. The predicted molar refractivity (Wildman–Crippen MR) is 81.7 cm³/mol. The largest absolute Gasteiger partial charge is 0.350 e. The zero-order valence-electron chi connectivity index (χ0n) is 11.7. The summed E-state index contributed by atoms with van der Waals surface area (Å²) < 4.78 is 28.4. The molecule has 0 bridgehead atoms. The lowest BCUT2D eigenvalue weighted by Crippen LogP contribution is -3.59. The maximum Gasteiger partial charge on any atom is 0.350 e. The first-order valence-electron chi connectivity index (χ1n) is 6.36. The molecule has 2 aromatic carbocycles. The van der Waals surface area contributed by atoms with Crippen molar-refractivity contribution in [3.05, 3.63) is 85.4 Å². The molecule has 0 aliphatic heterocycles. The van der Waals surface area contributed by atoms with Gasteiger partial charge in [-0.1, -0.05) is 43.0 Å². The Balaban J connectivity index is 2.38. The smallest absolute Gasteiger partial charge is 0.218 e. The maximum atomic E-state index is 12.7. The normalized spacial score (nSPS) is 12.1. The van der Waals surface area contributed by atoms with Gasteiger partial charge in [0, 0.05) is 0 Å². The van der Waals surface area contributed by atoms with E-state index in [-0.39, 0.29) is 0 Å². The summed E-state index contributed by atoms with van der Waals surface area (Å²) in [6.45, 7) is 5.57. The molecule has 0 aliphatic carbocycles. The van der Waals surface area contributed by atoms with Crippen molar-refractivity contribution in [1.29, 1.82) is 0 Å². The Kier molecular flexibility index (Phi) is 5.36. The van der Waals surface area contributed by atoms with E-state index in [1.807, 2.05) is 34.4 Å². The lowest BCUT2D eigenvalue weighted by molar-refractivity contribution is -0.557. The highest BCUT2D eigenvalue weighted by Crippen LogP contribution is 2.22. The average Bonchev–Trinajstić information content (AvgIpc) is 2.49. The Morgan fingerprint density at radius 1 is 1.00 bits per heavy atom. The number of benzene rings is 2. The monoisotopic (exact) mass is 411 g/mol. The van der Waals surface area contributed by atoms with Gasteiger partial charge >= 0.3 is 21.2 Å². The molecule has 0 aliphatic rings. The van der Waals surface area contributed by atoms with Crippen molar-refractivity contribution < 1.29 is 29.6 Å². The summed E-state index contributed by atoms with van der Waals surface area (Å²) in [6, 6.07) is 18.4. The molecule has 2 nitrogen and oxygen atoms in total. The molecule has 108 valence electrons. The predicted octanol–water partition coefficient (Wildman–Crippen LogP) is 0.837. The SMILES string of the molecule is C=C(C)/C(=C\[I+]c1ccccc1)S(=O)(=O)c1ccccc1. The number of rotatable bonds is 5. The lowest BCUT2D eigenvalue weighted by Gasteiger charge is -2.06. The van der Waals surface area contributed by atoms with E-state index < -0.39 is 31.0 Å². The maximum absolute atomic E-state index is 12.7. The van der Waals surface area contributed by atoms with E-state index in [1.165, 1.54) is 3.57 Å². The molecule has 0 N–H and O–H groups in total. The highest BCUT2D eigenvalue weighted by molar-refractivity contribution is 7.95. The number of hydrogen-bond acceptors (Lipinski definition) is 2. The molecule has 2 aromatic rings. The van der Waals surface area contributed by atoms with Gasteiger partial charge in [-0.3, -0.25) is 0 Å². The molecular weight excluding hydrogens is 395 g/mol. The molecule has 2 rings (SSSR count). The van der Waals surface area contributed by atoms with Crippen LogP contribution in [-0.4, -0.2) is 8.42 Å². The van der Waals surface area contributed by atoms with Gasteiger partial charge in [-0.2, -0.15) is 0 Å². The zero-order valence-corrected chi connectivity index (χ0v) is 14.6. The van der Waals surface area contributed by atoms with Gasteiger partial charge in [-0.05, 0) is 36.8 Å². The van der Waals surface area contributed by atoms with Crippen molar-refractivity contribution in [1.82, 2.24) is 0 Å². The molecule has 0 unspecified atom stereocenters. The van der Waals surface area contributed by atoms with Crippen LogP contribution < -0.4 is 21.2 Å². The number of sulfone groups is 1. The minimum absolute atomic E-state index is 0.316. The molecule has 0 atom stereocenters. The number of allylic oxidation sites excluding steroid dienone is 1. The van der Waals surface area contributed by atoms with Crippen molar-refractivity contribution in [2.24, 2.45) is 0 Å². The molecule has 0 saturated carbocycles. The van der Waals surface area contributed by atoms with Crippen LogP contribution in [0.4, 0.5) is 0 Å². The Labute approximate surface area is 136 Å². The van der Waals surface area contributed by atoms with Gasteiger partial charge in [0.25, 0.3) is 0 Å². The fourth-order valence-electron chi connectivity index (χ4n) is 1.71. The quantitative estimate of drug-likeness (QED) is 0.540. The van der Waals surface area contributed by atoms with E-state index in [2.05, 4.69) is 6.58 Å². The van der Waals surface area contributed by atoms with Gasteiger partial charge in [0.2, 0.25) is 9.84 Å². The molecule has 4 heteroatoms. The van der Waals surface area contributed by atoms with Gasteiger partial charge in [0.1, 0.15) is 4.91 Å². The van der Waals surface area contributed by atoms with Gasteiger partial charge in [-0.15, -0.1) is 0 Å². The van der Waals surface area contributed by atoms with Crippen LogP contribution in [0.15, 0.2) is 86.7 Å². The molecular formula is C17H16IO2S+. The van der Waals surface area contributed by atoms with E-state index >= 15 is 0 Å². The Bertz CT molecular complexity index is 748. The third kappa shape index (κ3) is 4.04. The van der Waals surface area contributed by atoms with Crippen molar-refractivity contribution >= 4 is 9.84 Å². The first-order valence-corrected chi connectivity index (χ1v) is 10.2. The molecule has 0 fully saturated rings. The molecule has 0 heterocycles. The van der Waals surface area contributed by atoms with E-state index in [0.29, 0.717) is 15.4 Å². The Morgan fingerprint density at radius 3 is 2.05 bits per heavy atom. The second kappa shape index (κ2) is 7.04. The van der Waals surface area contributed by atoms with Gasteiger partial charge < -0.3 is 0 Å². The summed E-state index contributed by atoms with van der Waals surface area (Å²) in [5.74, 6) is 0. The summed E-state index contributed by atoms with van der Waals surface area (Å²) in [7, 11) is -3.48. The van der Waals surface area contributed by atoms with Crippen LogP contribution in [0.3, 0.4) is 0 Å². The van der Waals surface area contributed by atoms with E-state index in [1.54, 1.807) is 37.3 Å². The average molecular weight is 411 g/mol. The fraction of sp³-hybridized carbons (Fsp3) is 0.0588. The summed E-state index contributed by atoms with van der Waals surface area (Å²) in [5.41, 5.74) is 0.578. The van der Waals surface area contributed by atoms with Crippen LogP contribution in [0.25, 0.3) is 0 Å². The van der Waals surface area contributed by atoms with Crippen LogP contribution in [0.2, 0.25) is 0 Å². The molecule has 0 spiro atoms. The van der Waals surface area contributed by atoms with Crippen molar-refractivity contribution in [3.8, 4) is 0 Å². The van der Waals surface area contributed by atoms with Gasteiger partial charge in [0.15, 0.2) is 7.65 Å². The second-order valence-corrected chi connectivity index (χ2v) is 8.88. The standard InChI is InChI=1S/C17H16IO2S/c1-14(2)17(13-18-15-9-5-3-6-10-15)21(19,20)16-11-7-4-8-12-16/h3-13H,1H2,2H3/q+1/b17-13+. The summed E-state index contributed by atoms with van der Waals surface area (Å²) in [6.07, 6.45) is 0. The van der Waals surface area contributed by atoms with Crippen molar-refractivity contribution in [2.45, 2.75) is 11.8 Å². The van der Waals surface area contributed by atoms with Crippen LogP contribution in [0.1, 0.15) is 6.92 Å². The van der Waals surface area contributed by atoms with Gasteiger partial charge in [0.05, 0.1) is 4.90 Å². The Morgan fingerprint density at radius 2 is 1.52 bits per heavy atom. The van der Waals surface area contributed by atoms with E-state index in [0.717, 1.165) is 0 Å². The minimum atomic E-state index is -3.48. The van der Waals surface area contributed by atoms with Crippen LogP contribution >= 0.6 is 0 Å². The molecule has 0 amide bonds. The van der Waals surface area contributed by atoms with Crippen molar-refractivity contribution in [2.75, 3.05) is 0 Å². The Hall–Kier alpha value is -1.40. The topological polar surface area (TPSA) is 34.1 Å². The highest BCUT2D eigenvalue weighted by Gasteiger charge is 2.25. The summed E-state index contributed by atoms with van der Waals surface area (Å²) in [5, 5.41) is 0. The molecule has 21 heavy (non-hydrogen) atoms. The first-order chi connectivity index (χ1) is 10.0.